The first-order valence-corrected chi connectivity index (χ1v) is 6.42. The first kappa shape index (κ1) is 12.6. The van der Waals surface area contributed by atoms with E-state index in [4.69, 9.17) is 0 Å². The van der Waals surface area contributed by atoms with Crippen LogP contribution < -0.4 is 10.7 Å². The fourth-order valence-corrected chi connectivity index (χ4v) is 2.42. The quantitative estimate of drug-likeness (QED) is 0.894. The van der Waals surface area contributed by atoms with Crippen LogP contribution in [0.15, 0.2) is 34.4 Å². The SMILES string of the molecule is CC1=NN(c2nc(-n3cccc3)nc(=O)[nH]2)C(C)(C)C1. The Bertz CT molecular complexity index is 713. The number of aromatic nitrogens is 4. The van der Waals surface area contributed by atoms with E-state index in [1.165, 1.54) is 0 Å². The fraction of sp³-hybridized carbons (Fsp3) is 0.385. The summed E-state index contributed by atoms with van der Waals surface area (Å²) < 4.78 is 1.69. The minimum absolute atomic E-state index is 0.213. The summed E-state index contributed by atoms with van der Waals surface area (Å²) in [6.45, 7) is 6.08. The molecule has 0 saturated heterocycles. The zero-order valence-corrected chi connectivity index (χ0v) is 11.7. The third-order valence-electron chi connectivity index (χ3n) is 3.19. The van der Waals surface area contributed by atoms with Gasteiger partial charge in [-0.05, 0) is 32.9 Å². The van der Waals surface area contributed by atoms with Gasteiger partial charge in [0, 0.05) is 24.5 Å². The Morgan fingerprint density at radius 3 is 2.55 bits per heavy atom. The van der Waals surface area contributed by atoms with E-state index in [-0.39, 0.29) is 5.54 Å². The maximum absolute atomic E-state index is 11.8. The van der Waals surface area contributed by atoms with Crippen LogP contribution in [0.4, 0.5) is 5.95 Å². The third-order valence-corrected chi connectivity index (χ3v) is 3.19. The molecule has 20 heavy (non-hydrogen) atoms. The zero-order valence-electron chi connectivity index (χ0n) is 11.7. The molecule has 0 unspecified atom stereocenters. The van der Waals surface area contributed by atoms with Gasteiger partial charge in [0.25, 0.3) is 0 Å². The molecule has 7 heteroatoms. The minimum Gasteiger partial charge on any atom is -0.293 e. The van der Waals surface area contributed by atoms with Crippen molar-refractivity contribution in [3.8, 4) is 5.95 Å². The van der Waals surface area contributed by atoms with E-state index in [2.05, 4.69) is 33.9 Å². The number of hydrogen-bond acceptors (Lipinski definition) is 5. The van der Waals surface area contributed by atoms with Gasteiger partial charge >= 0.3 is 5.69 Å². The van der Waals surface area contributed by atoms with E-state index in [1.807, 2.05) is 19.1 Å². The van der Waals surface area contributed by atoms with E-state index in [0.29, 0.717) is 11.9 Å². The van der Waals surface area contributed by atoms with Crippen molar-refractivity contribution >= 4 is 11.7 Å². The van der Waals surface area contributed by atoms with Crippen LogP contribution in [0.1, 0.15) is 27.2 Å². The van der Waals surface area contributed by atoms with Crippen molar-refractivity contribution in [2.24, 2.45) is 5.10 Å². The van der Waals surface area contributed by atoms with E-state index in [1.54, 1.807) is 22.0 Å². The molecule has 0 amide bonds. The van der Waals surface area contributed by atoms with Crippen LogP contribution in [0, 0.1) is 0 Å². The fourth-order valence-electron chi connectivity index (χ4n) is 2.42. The van der Waals surface area contributed by atoms with E-state index in [9.17, 15) is 4.79 Å². The maximum Gasteiger partial charge on any atom is 0.351 e. The molecule has 0 bridgehead atoms. The predicted octanol–water partition coefficient (Wildman–Crippen LogP) is 1.32. The smallest absolute Gasteiger partial charge is 0.293 e. The van der Waals surface area contributed by atoms with Gasteiger partial charge in [-0.25, -0.2) is 9.80 Å². The van der Waals surface area contributed by atoms with Crippen LogP contribution in [0.25, 0.3) is 5.95 Å². The van der Waals surface area contributed by atoms with Crippen molar-refractivity contribution in [1.29, 1.82) is 0 Å². The molecule has 0 radical (unpaired) electrons. The highest BCUT2D eigenvalue weighted by Crippen LogP contribution is 2.29. The summed E-state index contributed by atoms with van der Waals surface area (Å²) in [5.41, 5.74) is 0.362. The molecule has 104 valence electrons. The van der Waals surface area contributed by atoms with Crippen LogP contribution in [0.5, 0.6) is 0 Å². The summed E-state index contributed by atoms with van der Waals surface area (Å²) in [4.78, 5) is 22.7. The Labute approximate surface area is 116 Å². The van der Waals surface area contributed by atoms with Crippen LogP contribution in [-0.2, 0) is 0 Å². The monoisotopic (exact) mass is 272 g/mol. The molecule has 0 aliphatic carbocycles. The zero-order chi connectivity index (χ0) is 14.3. The summed E-state index contributed by atoms with van der Waals surface area (Å²) in [5.74, 6) is 0.750. The average Bonchev–Trinajstić information content (AvgIpc) is 2.95. The molecule has 1 N–H and O–H groups in total. The van der Waals surface area contributed by atoms with Crippen LogP contribution in [-0.4, -0.2) is 30.8 Å². The molecule has 0 fully saturated rings. The number of H-pyrrole nitrogens is 1. The number of anilines is 1. The highest BCUT2D eigenvalue weighted by molar-refractivity contribution is 5.86. The van der Waals surface area contributed by atoms with Crippen molar-refractivity contribution < 1.29 is 0 Å². The second-order valence-electron chi connectivity index (χ2n) is 5.50. The van der Waals surface area contributed by atoms with Crippen molar-refractivity contribution in [3.63, 3.8) is 0 Å². The Hall–Kier alpha value is -2.44. The van der Waals surface area contributed by atoms with Crippen molar-refractivity contribution in [1.82, 2.24) is 19.5 Å². The normalized spacial score (nSPS) is 17.4. The molecule has 0 aromatic carbocycles. The van der Waals surface area contributed by atoms with Crippen LogP contribution in [0.3, 0.4) is 0 Å². The minimum atomic E-state index is -0.436. The van der Waals surface area contributed by atoms with E-state index < -0.39 is 5.69 Å². The third kappa shape index (κ3) is 2.11. The number of aromatic amines is 1. The molecule has 7 nitrogen and oxygen atoms in total. The summed E-state index contributed by atoms with van der Waals surface area (Å²) in [7, 11) is 0. The average molecular weight is 272 g/mol. The largest absolute Gasteiger partial charge is 0.351 e. The van der Waals surface area contributed by atoms with Gasteiger partial charge < -0.3 is 0 Å². The molecule has 0 spiro atoms. The lowest BCUT2D eigenvalue weighted by molar-refractivity contribution is 0.504. The second-order valence-corrected chi connectivity index (χ2v) is 5.50. The molecule has 3 rings (SSSR count). The van der Waals surface area contributed by atoms with Gasteiger partial charge in [0.1, 0.15) is 0 Å². The Balaban J connectivity index is 2.09. The van der Waals surface area contributed by atoms with Crippen LogP contribution in [0.2, 0.25) is 0 Å². The summed E-state index contributed by atoms with van der Waals surface area (Å²) >= 11 is 0. The second kappa shape index (κ2) is 4.29. The summed E-state index contributed by atoms with van der Waals surface area (Å²) in [6.07, 6.45) is 4.42. The van der Waals surface area contributed by atoms with Crippen LogP contribution >= 0.6 is 0 Å². The Morgan fingerprint density at radius 1 is 1.25 bits per heavy atom. The number of nitrogens with one attached hydrogen (secondary N) is 1. The van der Waals surface area contributed by atoms with Gasteiger partial charge in [-0.3, -0.25) is 9.55 Å². The number of nitrogens with zero attached hydrogens (tertiary/aromatic N) is 5. The first-order chi connectivity index (χ1) is 9.45. The van der Waals surface area contributed by atoms with Gasteiger partial charge in [0.05, 0.1) is 5.54 Å². The van der Waals surface area contributed by atoms with Crippen molar-refractivity contribution in [2.75, 3.05) is 5.01 Å². The molecule has 1 aliphatic rings. The molecule has 0 saturated carbocycles. The molecular formula is C13H16N6O. The molecule has 2 aromatic rings. The van der Waals surface area contributed by atoms with Crippen molar-refractivity contribution in [3.05, 3.63) is 35.0 Å². The van der Waals surface area contributed by atoms with E-state index >= 15 is 0 Å². The standard InChI is InChI=1S/C13H16N6O/c1-9-8-13(2,3)19(17-9)11-14-10(15-12(20)16-11)18-6-4-5-7-18/h4-7H,8H2,1-3H3,(H,14,15,16,20). The highest BCUT2D eigenvalue weighted by atomic mass is 16.1. The Morgan fingerprint density at radius 2 is 1.95 bits per heavy atom. The predicted molar refractivity (Wildman–Crippen MR) is 76.3 cm³/mol. The highest BCUT2D eigenvalue weighted by Gasteiger charge is 2.35. The van der Waals surface area contributed by atoms with Gasteiger partial charge in [-0.2, -0.15) is 15.1 Å². The molecule has 2 aromatic heterocycles. The topological polar surface area (TPSA) is 79.2 Å². The number of rotatable bonds is 2. The van der Waals surface area contributed by atoms with E-state index in [0.717, 1.165) is 12.1 Å². The molecule has 3 heterocycles. The first-order valence-electron chi connectivity index (χ1n) is 6.42. The molecule has 1 aliphatic heterocycles. The Kier molecular flexibility index (Phi) is 2.70. The van der Waals surface area contributed by atoms with Gasteiger partial charge in [0.15, 0.2) is 0 Å². The molecule has 0 atom stereocenters. The summed E-state index contributed by atoms with van der Waals surface area (Å²) in [6, 6.07) is 3.71. The number of hydrogen-bond donors (Lipinski definition) is 1. The van der Waals surface area contributed by atoms with Gasteiger partial charge in [-0.1, -0.05) is 0 Å². The lowest BCUT2D eigenvalue weighted by atomic mass is 9.99. The summed E-state index contributed by atoms with van der Waals surface area (Å²) in [5, 5.41) is 6.20. The lowest BCUT2D eigenvalue weighted by Crippen LogP contribution is -2.39. The maximum atomic E-state index is 11.8. The van der Waals surface area contributed by atoms with Gasteiger partial charge in [0.2, 0.25) is 11.9 Å². The van der Waals surface area contributed by atoms with Crippen molar-refractivity contribution in [2.45, 2.75) is 32.7 Å². The number of hydrazone groups is 1. The molecular weight excluding hydrogens is 256 g/mol. The lowest BCUT2D eigenvalue weighted by Gasteiger charge is -2.28. The van der Waals surface area contributed by atoms with Gasteiger partial charge in [-0.15, -0.1) is 0 Å².